The van der Waals surface area contributed by atoms with Gasteiger partial charge in [-0.05, 0) is 6.07 Å². The van der Waals surface area contributed by atoms with Crippen molar-refractivity contribution in [1.29, 1.82) is 0 Å². The Labute approximate surface area is 102 Å². The van der Waals surface area contributed by atoms with E-state index in [0.717, 1.165) is 6.07 Å². The molecular weight excluding hydrogens is 242 g/mol. The number of nitro benzene ring substituents is 1. The molecular formula is C11H11NO6. The van der Waals surface area contributed by atoms with Crippen LogP contribution in [-0.2, 0) is 4.79 Å². The van der Waals surface area contributed by atoms with E-state index in [0.29, 0.717) is 0 Å². The summed E-state index contributed by atoms with van der Waals surface area (Å²) in [6.45, 7) is 0. The molecule has 0 heterocycles. The van der Waals surface area contributed by atoms with Crippen LogP contribution >= 0.6 is 0 Å². The molecule has 0 saturated heterocycles. The van der Waals surface area contributed by atoms with Crippen molar-refractivity contribution in [2.24, 2.45) is 0 Å². The number of nitro groups is 1. The van der Waals surface area contributed by atoms with E-state index in [2.05, 4.69) is 0 Å². The number of rotatable bonds is 6. The van der Waals surface area contributed by atoms with E-state index in [1.54, 1.807) is 0 Å². The molecule has 0 amide bonds. The van der Waals surface area contributed by atoms with Gasteiger partial charge in [-0.15, -0.1) is 0 Å². The molecule has 0 spiro atoms. The van der Waals surface area contributed by atoms with E-state index in [1.165, 1.54) is 19.2 Å². The maximum Gasteiger partial charge on any atom is 0.303 e. The second kappa shape index (κ2) is 5.76. The average Bonchev–Trinajstić information content (AvgIpc) is 2.34. The molecule has 7 nitrogen and oxygen atoms in total. The second-order valence-corrected chi connectivity index (χ2v) is 3.46. The lowest BCUT2D eigenvalue weighted by atomic mass is 10.0. The van der Waals surface area contributed by atoms with Gasteiger partial charge in [-0.2, -0.15) is 0 Å². The molecule has 1 N–H and O–H groups in total. The normalized spacial score (nSPS) is 9.83. The highest BCUT2D eigenvalue weighted by atomic mass is 16.6. The van der Waals surface area contributed by atoms with Crippen LogP contribution in [0.1, 0.15) is 23.2 Å². The van der Waals surface area contributed by atoms with Crippen molar-refractivity contribution in [3.8, 4) is 5.75 Å². The van der Waals surface area contributed by atoms with Gasteiger partial charge in [0.05, 0.1) is 30.1 Å². The molecule has 1 aromatic rings. The molecule has 0 aliphatic heterocycles. The Balaban J connectivity index is 2.98. The van der Waals surface area contributed by atoms with Crippen molar-refractivity contribution in [3.05, 3.63) is 33.9 Å². The van der Waals surface area contributed by atoms with Crippen molar-refractivity contribution in [1.82, 2.24) is 0 Å². The van der Waals surface area contributed by atoms with Gasteiger partial charge in [0.15, 0.2) is 5.78 Å². The van der Waals surface area contributed by atoms with Crippen LogP contribution in [-0.4, -0.2) is 28.9 Å². The fourth-order valence-corrected chi connectivity index (χ4v) is 1.38. The monoisotopic (exact) mass is 253 g/mol. The minimum atomic E-state index is -1.08. The quantitative estimate of drug-likeness (QED) is 0.469. The highest BCUT2D eigenvalue weighted by Gasteiger charge is 2.17. The van der Waals surface area contributed by atoms with E-state index in [4.69, 9.17) is 9.84 Å². The zero-order valence-electron chi connectivity index (χ0n) is 9.58. The molecule has 1 aromatic carbocycles. The fourth-order valence-electron chi connectivity index (χ4n) is 1.38. The Kier molecular flexibility index (Phi) is 4.36. The maximum absolute atomic E-state index is 11.7. The summed E-state index contributed by atoms with van der Waals surface area (Å²) in [5.41, 5.74) is -0.0500. The van der Waals surface area contributed by atoms with Gasteiger partial charge in [-0.25, -0.2) is 0 Å². The van der Waals surface area contributed by atoms with Crippen LogP contribution < -0.4 is 4.74 Å². The van der Waals surface area contributed by atoms with Crippen LogP contribution in [0.5, 0.6) is 5.75 Å². The van der Waals surface area contributed by atoms with Gasteiger partial charge in [0.1, 0.15) is 5.75 Å². The zero-order valence-corrected chi connectivity index (χ0v) is 9.58. The molecule has 0 fully saturated rings. The summed E-state index contributed by atoms with van der Waals surface area (Å²) in [7, 11) is 1.28. The summed E-state index contributed by atoms with van der Waals surface area (Å²) in [4.78, 5) is 32.0. The van der Waals surface area contributed by atoms with Crippen LogP contribution in [0.15, 0.2) is 18.2 Å². The van der Waals surface area contributed by atoms with Crippen LogP contribution in [0.2, 0.25) is 0 Å². The van der Waals surface area contributed by atoms with Crippen LogP contribution in [0.4, 0.5) is 5.69 Å². The van der Waals surface area contributed by atoms with Gasteiger partial charge in [0.2, 0.25) is 0 Å². The topological polar surface area (TPSA) is 107 Å². The summed E-state index contributed by atoms with van der Waals surface area (Å²) in [6.07, 6.45) is -0.470. The Bertz CT molecular complexity index is 496. The molecule has 0 aromatic heterocycles. The SMILES string of the molecule is COc1cc([N+](=O)[O-])ccc1C(=O)CCC(=O)O. The number of hydrogen-bond acceptors (Lipinski definition) is 5. The molecule has 0 radical (unpaired) electrons. The first-order chi connectivity index (χ1) is 8.45. The van der Waals surface area contributed by atoms with Gasteiger partial charge in [-0.3, -0.25) is 19.7 Å². The second-order valence-electron chi connectivity index (χ2n) is 3.46. The largest absolute Gasteiger partial charge is 0.496 e. The van der Waals surface area contributed by atoms with Crippen molar-refractivity contribution in [2.45, 2.75) is 12.8 Å². The molecule has 0 aliphatic rings. The number of ether oxygens (including phenoxy) is 1. The van der Waals surface area contributed by atoms with Gasteiger partial charge >= 0.3 is 5.97 Å². The third-order valence-corrected chi connectivity index (χ3v) is 2.26. The van der Waals surface area contributed by atoms with Crippen LogP contribution in [0.25, 0.3) is 0 Å². The first-order valence-electron chi connectivity index (χ1n) is 5.03. The predicted molar refractivity (Wildman–Crippen MR) is 60.8 cm³/mol. The maximum atomic E-state index is 11.7. The van der Waals surface area contributed by atoms with Crippen molar-refractivity contribution >= 4 is 17.4 Å². The summed E-state index contributed by atoms with van der Waals surface area (Å²) in [6, 6.07) is 3.58. The number of aliphatic carboxylic acids is 1. The van der Waals surface area contributed by atoms with E-state index in [9.17, 15) is 19.7 Å². The fraction of sp³-hybridized carbons (Fsp3) is 0.273. The van der Waals surface area contributed by atoms with Gasteiger partial charge in [0.25, 0.3) is 5.69 Å². The number of carboxylic acids is 1. The average molecular weight is 253 g/mol. The summed E-state index contributed by atoms with van der Waals surface area (Å²) >= 11 is 0. The van der Waals surface area contributed by atoms with Crippen LogP contribution in [0, 0.1) is 10.1 Å². The molecule has 0 bridgehead atoms. The third kappa shape index (κ3) is 3.27. The summed E-state index contributed by atoms with van der Waals surface area (Å²) in [5, 5.41) is 19.0. The number of benzene rings is 1. The number of ketones is 1. The third-order valence-electron chi connectivity index (χ3n) is 2.26. The van der Waals surface area contributed by atoms with Crippen molar-refractivity contribution in [3.63, 3.8) is 0 Å². The zero-order chi connectivity index (χ0) is 13.7. The van der Waals surface area contributed by atoms with E-state index in [-0.39, 0.29) is 29.8 Å². The molecule has 0 atom stereocenters. The molecule has 0 aliphatic carbocycles. The molecule has 1 rings (SSSR count). The standard InChI is InChI=1S/C11H11NO6/c1-18-10-6-7(12(16)17)2-3-8(10)9(13)4-5-11(14)15/h2-3,6H,4-5H2,1H3,(H,14,15). The van der Waals surface area contributed by atoms with E-state index in [1.807, 2.05) is 0 Å². The lowest BCUT2D eigenvalue weighted by Crippen LogP contribution is -2.06. The van der Waals surface area contributed by atoms with Crippen molar-refractivity contribution < 1.29 is 24.4 Å². The Morgan fingerprint density at radius 3 is 2.56 bits per heavy atom. The first kappa shape index (κ1) is 13.6. The Hall–Kier alpha value is -2.44. The van der Waals surface area contributed by atoms with E-state index < -0.39 is 16.7 Å². The first-order valence-corrected chi connectivity index (χ1v) is 5.03. The Morgan fingerprint density at radius 2 is 2.06 bits per heavy atom. The van der Waals surface area contributed by atoms with Crippen LogP contribution in [0.3, 0.4) is 0 Å². The number of hydrogen-bond donors (Lipinski definition) is 1. The molecule has 0 saturated carbocycles. The number of nitrogens with zero attached hydrogens (tertiary/aromatic N) is 1. The summed E-state index contributed by atoms with van der Waals surface area (Å²) < 4.78 is 4.89. The predicted octanol–water partition coefficient (Wildman–Crippen LogP) is 1.65. The number of carbonyl (C=O) groups excluding carboxylic acids is 1. The number of carboxylic acid groups (broad SMARTS) is 1. The molecule has 18 heavy (non-hydrogen) atoms. The molecule has 7 heteroatoms. The van der Waals surface area contributed by atoms with E-state index >= 15 is 0 Å². The number of Topliss-reactive ketones (excluding diaryl/α,β-unsaturated/α-hetero) is 1. The van der Waals surface area contributed by atoms with Crippen molar-refractivity contribution in [2.75, 3.05) is 7.11 Å². The highest BCUT2D eigenvalue weighted by Crippen LogP contribution is 2.25. The lowest BCUT2D eigenvalue weighted by molar-refractivity contribution is -0.384. The summed E-state index contributed by atoms with van der Waals surface area (Å²) in [5.74, 6) is -1.44. The smallest absolute Gasteiger partial charge is 0.303 e. The minimum Gasteiger partial charge on any atom is -0.496 e. The highest BCUT2D eigenvalue weighted by molar-refractivity contribution is 6.00. The van der Waals surface area contributed by atoms with Gasteiger partial charge in [0, 0.05) is 12.5 Å². The lowest BCUT2D eigenvalue weighted by Gasteiger charge is -2.06. The molecule has 96 valence electrons. The Morgan fingerprint density at radius 1 is 1.39 bits per heavy atom. The van der Waals surface area contributed by atoms with Gasteiger partial charge in [-0.1, -0.05) is 0 Å². The molecule has 0 unspecified atom stereocenters. The minimum absolute atomic E-state index is 0.0691. The number of carbonyl (C=O) groups is 2. The number of non-ortho nitro benzene ring substituents is 1. The van der Waals surface area contributed by atoms with Gasteiger partial charge < -0.3 is 9.84 Å². The number of methoxy groups -OCH3 is 1.